The minimum absolute atomic E-state index is 0.0448. The molecule has 86 valence electrons. The van der Waals surface area contributed by atoms with Gasteiger partial charge in [-0.05, 0) is 18.3 Å². The predicted molar refractivity (Wildman–Crippen MR) is 52.2 cm³/mol. The largest absolute Gasteiger partial charge is 0.401 e. The Morgan fingerprint density at radius 1 is 1.14 bits per heavy atom. The summed E-state index contributed by atoms with van der Waals surface area (Å²) in [5.74, 6) is 0. The third-order valence-corrected chi connectivity index (χ3v) is 1.94. The Morgan fingerprint density at radius 3 is 1.93 bits per heavy atom. The van der Waals surface area contributed by atoms with Gasteiger partial charge in [-0.3, -0.25) is 0 Å². The molecule has 0 unspecified atom stereocenters. The second-order valence-electron chi connectivity index (χ2n) is 4.87. The standard InChI is InChI=1S/C10H20F3N/c1-5-8(6-9(2,3)4)14-7-10(11,12)13/h8,14H,5-7H2,1-4H3/t8-/m1/s1. The Hall–Kier alpha value is -0.250. The summed E-state index contributed by atoms with van der Waals surface area (Å²) in [6.45, 7) is 7.11. The van der Waals surface area contributed by atoms with Crippen LogP contribution in [0.3, 0.4) is 0 Å². The van der Waals surface area contributed by atoms with Crippen molar-refractivity contribution in [2.75, 3.05) is 6.54 Å². The van der Waals surface area contributed by atoms with Gasteiger partial charge in [-0.2, -0.15) is 13.2 Å². The van der Waals surface area contributed by atoms with Crippen LogP contribution < -0.4 is 5.32 Å². The molecular formula is C10H20F3N. The molecule has 1 atom stereocenters. The van der Waals surface area contributed by atoms with Crippen molar-refractivity contribution in [1.29, 1.82) is 0 Å². The van der Waals surface area contributed by atoms with E-state index in [0.29, 0.717) is 0 Å². The minimum atomic E-state index is -4.11. The zero-order chi connectivity index (χ0) is 11.4. The number of nitrogens with one attached hydrogen (secondary N) is 1. The lowest BCUT2D eigenvalue weighted by Crippen LogP contribution is -2.38. The van der Waals surface area contributed by atoms with Crippen LogP contribution in [0.1, 0.15) is 40.5 Å². The molecule has 1 N–H and O–H groups in total. The van der Waals surface area contributed by atoms with E-state index in [-0.39, 0.29) is 11.5 Å². The molecule has 0 amide bonds. The lowest BCUT2D eigenvalue weighted by atomic mass is 9.87. The van der Waals surface area contributed by atoms with E-state index < -0.39 is 12.7 Å². The minimum Gasteiger partial charge on any atom is -0.306 e. The summed E-state index contributed by atoms with van der Waals surface area (Å²) in [5.41, 5.74) is 0.0687. The van der Waals surface area contributed by atoms with Crippen LogP contribution in [0.2, 0.25) is 0 Å². The smallest absolute Gasteiger partial charge is 0.306 e. The molecule has 1 nitrogen and oxygen atoms in total. The van der Waals surface area contributed by atoms with Gasteiger partial charge in [0.2, 0.25) is 0 Å². The molecule has 0 aromatic rings. The molecule has 0 spiro atoms. The van der Waals surface area contributed by atoms with Crippen LogP contribution in [0.4, 0.5) is 13.2 Å². The lowest BCUT2D eigenvalue weighted by molar-refractivity contribution is -0.126. The number of halogens is 3. The van der Waals surface area contributed by atoms with Crippen LogP contribution in [0, 0.1) is 5.41 Å². The lowest BCUT2D eigenvalue weighted by Gasteiger charge is -2.26. The van der Waals surface area contributed by atoms with Crippen LogP contribution in [-0.2, 0) is 0 Å². The third kappa shape index (κ3) is 8.35. The molecule has 0 fully saturated rings. The first kappa shape index (κ1) is 13.8. The Morgan fingerprint density at radius 2 is 1.64 bits per heavy atom. The number of rotatable bonds is 4. The summed E-state index contributed by atoms with van der Waals surface area (Å²) in [6, 6.07) is -0.0448. The molecule has 0 aromatic carbocycles. The van der Waals surface area contributed by atoms with Gasteiger partial charge in [-0.15, -0.1) is 0 Å². The Bertz CT molecular complexity index is 158. The average molecular weight is 211 g/mol. The average Bonchev–Trinajstić information content (AvgIpc) is 1.94. The third-order valence-electron chi connectivity index (χ3n) is 1.94. The topological polar surface area (TPSA) is 12.0 Å². The van der Waals surface area contributed by atoms with E-state index in [1.165, 1.54) is 0 Å². The normalized spacial score (nSPS) is 15.6. The summed E-state index contributed by atoms with van der Waals surface area (Å²) in [7, 11) is 0. The number of hydrogen-bond donors (Lipinski definition) is 1. The Labute approximate surface area is 84.1 Å². The molecule has 0 aliphatic rings. The molecular weight excluding hydrogens is 191 g/mol. The highest BCUT2D eigenvalue weighted by atomic mass is 19.4. The fraction of sp³-hybridized carbons (Fsp3) is 1.00. The first-order valence-corrected chi connectivity index (χ1v) is 4.94. The molecule has 0 saturated heterocycles. The highest BCUT2D eigenvalue weighted by Gasteiger charge is 2.28. The summed E-state index contributed by atoms with van der Waals surface area (Å²) >= 11 is 0. The van der Waals surface area contributed by atoms with Crippen LogP contribution in [0.15, 0.2) is 0 Å². The highest BCUT2D eigenvalue weighted by molar-refractivity contribution is 4.74. The van der Waals surface area contributed by atoms with Crippen LogP contribution >= 0.6 is 0 Å². The van der Waals surface area contributed by atoms with Gasteiger partial charge in [-0.25, -0.2) is 0 Å². The second kappa shape index (κ2) is 5.01. The number of hydrogen-bond acceptors (Lipinski definition) is 1. The highest BCUT2D eigenvalue weighted by Crippen LogP contribution is 2.22. The van der Waals surface area contributed by atoms with E-state index in [1.807, 2.05) is 27.7 Å². The van der Waals surface area contributed by atoms with Gasteiger partial charge in [-0.1, -0.05) is 27.7 Å². The van der Waals surface area contributed by atoms with Crippen molar-refractivity contribution < 1.29 is 13.2 Å². The molecule has 0 bridgehead atoms. The second-order valence-corrected chi connectivity index (χ2v) is 4.87. The SMILES string of the molecule is CC[C@H](CC(C)(C)C)NCC(F)(F)F. The molecule has 4 heteroatoms. The van der Waals surface area contributed by atoms with E-state index in [4.69, 9.17) is 0 Å². The van der Waals surface area contributed by atoms with Crippen LogP contribution in [0.5, 0.6) is 0 Å². The van der Waals surface area contributed by atoms with Crippen molar-refractivity contribution in [2.45, 2.75) is 52.8 Å². The van der Waals surface area contributed by atoms with Gasteiger partial charge in [0.05, 0.1) is 6.54 Å². The molecule has 0 heterocycles. The van der Waals surface area contributed by atoms with Gasteiger partial charge in [0.25, 0.3) is 0 Å². The molecule has 0 aliphatic heterocycles. The quantitative estimate of drug-likeness (QED) is 0.752. The zero-order valence-corrected chi connectivity index (χ0v) is 9.33. The van der Waals surface area contributed by atoms with E-state index in [2.05, 4.69) is 5.32 Å². The van der Waals surface area contributed by atoms with Crippen molar-refractivity contribution in [2.24, 2.45) is 5.41 Å². The maximum absolute atomic E-state index is 11.9. The van der Waals surface area contributed by atoms with E-state index in [0.717, 1.165) is 12.8 Å². The summed E-state index contributed by atoms with van der Waals surface area (Å²) < 4.78 is 35.8. The van der Waals surface area contributed by atoms with Gasteiger partial charge in [0.15, 0.2) is 0 Å². The van der Waals surface area contributed by atoms with Gasteiger partial charge < -0.3 is 5.32 Å². The fourth-order valence-corrected chi connectivity index (χ4v) is 1.36. The van der Waals surface area contributed by atoms with Crippen molar-refractivity contribution in [3.05, 3.63) is 0 Å². The Kier molecular flexibility index (Phi) is 4.92. The maximum Gasteiger partial charge on any atom is 0.401 e. The van der Waals surface area contributed by atoms with Crippen LogP contribution in [0.25, 0.3) is 0 Å². The zero-order valence-electron chi connectivity index (χ0n) is 9.33. The predicted octanol–water partition coefficient (Wildman–Crippen LogP) is 3.35. The first-order valence-electron chi connectivity index (χ1n) is 4.94. The van der Waals surface area contributed by atoms with Crippen molar-refractivity contribution >= 4 is 0 Å². The summed E-state index contributed by atoms with van der Waals surface area (Å²) in [5, 5.41) is 2.54. The molecule has 14 heavy (non-hydrogen) atoms. The van der Waals surface area contributed by atoms with Gasteiger partial charge in [0.1, 0.15) is 0 Å². The number of alkyl halides is 3. The van der Waals surface area contributed by atoms with Crippen molar-refractivity contribution in [3.63, 3.8) is 0 Å². The molecule has 0 aromatic heterocycles. The molecule has 0 radical (unpaired) electrons. The van der Waals surface area contributed by atoms with Crippen molar-refractivity contribution in [1.82, 2.24) is 5.32 Å². The summed E-state index contributed by atoms with van der Waals surface area (Å²) in [4.78, 5) is 0. The van der Waals surface area contributed by atoms with Gasteiger partial charge in [0, 0.05) is 6.04 Å². The van der Waals surface area contributed by atoms with Gasteiger partial charge >= 0.3 is 6.18 Å². The van der Waals surface area contributed by atoms with Crippen LogP contribution in [-0.4, -0.2) is 18.8 Å². The summed E-state index contributed by atoms with van der Waals surface area (Å²) in [6.07, 6.45) is -2.61. The monoisotopic (exact) mass is 211 g/mol. The molecule has 0 aliphatic carbocycles. The van der Waals surface area contributed by atoms with E-state index in [9.17, 15) is 13.2 Å². The van der Waals surface area contributed by atoms with E-state index in [1.54, 1.807) is 0 Å². The first-order chi connectivity index (χ1) is 6.14. The molecule has 0 rings (SSSR count). The molecule has 0 saturated carbocycles. The maximum atomic E-state index is 11.9. The van der Waals surface area contributed by atoms with Crippen molar-refractivity contribution in [3.8, 4) is 0 Å². The fourth-order valence-electron chi connectivity index (χ4n) is 1.36. The van der Waals surface area contributed by atoms with E-state index >= 15 is 0 Å². The Balaban J connectivity index is 3.93.